The molecule has 2 aliphatic heterocycles. The van der Waals surface area contributed by atoms with Crippen LogP contribution >= 0.6 is 23.2 Å². The Balaban J connectivity index is 1.51. The van der Waals surface area contributed by atoms with E-state index in [1.807, 2.05) is 6.92 Å². The van der Waals surface area contributed by atoms with Crippen molar-refractivity contribution in [3.8, 4) is 0 Å². The van der Waals surface area contributed by atoms with Crippen LogP contribution in [0.1, 0.15) is 46.0 Å². The van der Waals surface area contributed by atoms with Crippen LogP contribution in [0.5, 0.6) is 0 Å². The van der Waals surface area contributed by atoms with Gasteiger partial charge in [-0.05, 0) is 49.3 Å². The maximum absolute atomic E-state index is 14.3. The molecule has 2 unspecified atom stereocenters. The molecule has 2 aliphatic carbocycles. The molecule has 36 heavy (non-hydrogen) atoms. The van der Waals surface area contributed by atoms with Crippen LogP contribution in [0.3, 0.4) is 0 Å². The second-order valence-electron chi connectivity index (χ2n) is 9.46. The van der Waals surface area contributed by atoms with Crippen LogP contribution in [0.4, 0.5) is 17.6 Å². The molecule has 0 aromatic heterocycles. The minimum Gasteiger partial charge on any atom is -0.376 e. The lowest BCUT2D eigenvalue weighted by Crippen LogP contribution is -2.48. The van der Waals surface area contributed by atoms with Crippen LogP contribution < -0.4 is 0 Å². The second-order valence-corrected chi connectivity index (χ2v) is 10.4. The van der Waals surface area contributed by atoms with Gasteiger partial charge in [0.05, 0.1) is 21.8 Å². The number of amides is 1. The van der Waals surface area contributed by atoms with Crippen LogP contribution in [-0.4, -0.2) is 57.5 Å². The number of nitrogens with zero attached hydrogens (tertiary/aromatic N) is 3. The average molecular weight is 554 g/mol. The molecule has 0 radical (unpaired) electrons. The molecular formula is C23H25Cl2F4N3O4. The summed E-state index contributed by atoms with van der Waals surface area (Å²) >= 11 is 11.7. The molecule has 198 valence electrons. The number of hydrogen-bond acceptors (Lipinski definition) is 6. The van der Waals surface area contributed by atoms with Crippen molar-refractivity contribution in [2.24, 2.45) is 22.1 Å². The van der Waals surface area contributed by atoms with Gasteiger partial charge in [0, 0.05) is 18.8 Å². The number of allylic oxidation sites excluding steroid dienone is 5. The van der Waals surface area contributed by atoms with E-state index in [9.17, 15) is 27.5 Å². The number of alkyl halides is 4. The lowest BCUT2D eigenvalue weighted by Gasteiger charge is -2.35. The summed E-state index contributed by atoms with van der Waals surface area (Å²) in [5, 5.41) is 15.5. The monoisotopic (exact) mass is 553 g/mol. The van der Waals surface area contributed by atoms with E-state index >= 15 is 0 Å². The summed E-state index contributed by atoms with van der Waals surface area (Å²) in [5.41, 5.74) is -1.77. The molecule has 2 heterocycles. The highest BCUT2D eigenvalue weighted by Gasteiger charge is 2.64. The molecule has 1 amide bonds. The molecule has 5 atom stereocenters. The van der Waals surface area contributed by atoms with Crippen molar-refractivity contribution >= 4 is 40.5 Å². The van der Waals surface area contributed by atoms with Crippen LogP contribution in [0.15, 0.2) is 44.5 Å². The highest BCUT2D eigenvalue weighted by Crippen LogP contribution is 2.51. The summed E-state index contributed by atoms with van der Waals surface area (Å²) in [6.07, 6.45) is -3.13. The summed E-state index contributed by atoms with van der Waals surface area (Å²) in [6.45, 7) is 3.01. The van der Waals surface area contributed by atoms with Gasteiger partial charge in [-0.2, -0.15) is 13.2 Å². The van der Waals surface area contributed by atoms with Gasteiger partial charge in [-0.15, -0.1) is 11.6 Å². The molecule has 1 N–H and O–H groups in total. The highest BCUT2D eigenvalue weighted by molar-refractivity contribution is 6.33. The summed E-state index contributed by atoms with van der Waals surface area (Å²) in [7, 11) is 0. The van der Waals surface area contributed by atoms with E-state index < -0.39 is 59.7 Å². The topological polar surface area (TPSA) is 83.7 Å². The molecule has 0 saturated heterocycles. The first-order valence-corrected chi connectivity index (χ1v) is 12.2. The van der Waals surface area contributed by atoms with Crippen LogP contribution in [0, 0.1) is 11.8 Å². The van der Waals surface area contributed by atoms with E-state index in [-0.39, 0.29) is 36.0 Å². The number of hydrogen-bond donors (Lipinski definition) is 1. The Bertz CT molecular complexity index is 1090. The number of rotatable bonds is 5. The summed E-state index contributed by atoms with van der Waals surface area (Å²) < 4.78 is 56.8. The molecule has 0 aromatic rings. The fourth-order valence-electron chi connectivity index (χ4n) is 4.92. The van der Waals surface area contributed by atoms with Gasteiger partial charge in [0.1, 0.15) is 12.6 Å². The number of aliphatic hydroxyl groups excluding tert-OH is 1. The minimum atomic E-state index is -4.87. The van der Waals surface area contributed by atoms with Crippen molar-refractivity contribution in [3.63, 3.8) is 0 Å². The Morgan fingerprint density at radius 2 is 2.03 bits per heavy atom. The largest absolute Gasteiger partial charge is 0.435 e. The van der Waals surface area contributed by atoms with Crippen molar-refractivity contribution in [1.82, 2.24) is 4.90 Å². The predicted molar refractivity (Wildman–Crippen MR) is 125 cm³/mol. The Morgan fingerprint density at radius 1 is 1.31 bits per heavy atom. The van der Waals surface area contributed by atoms with Gasteiger partial charge >= 0.3 is 6.18 Å². The van der Waals surface area contributed by atoms with Crippen molar-refractivity contribution in [3.05, 3.63) is 34.2 Å². The smallest absolute Gasteiger partial charge is 0.376 e. The lowest BCUT2D eigenvalue weighted by atomic mass is 9.76. The Hall–Kier alpha value is -2.11. The zero-order valence-corrected chi connectivity index (χ0v) is 21.0. The molecule has 0 bridgehead atoms. The third kappa shape index (κ3) is 4.77. The van der Waals surface area contributed by atoms with E-state index in [4.69, 9.17) is 32.9 Å². The first kappa shape index (κ1) is 26.9. The van der Waals surface area contributed by atoms with Gasteiger partial charge in [0.2, 0.25) is 12.1 Å². The van der Waals surface area contributed by atoms with E-state index in [0.29, 0.717) is 17.7 Å². The average Bonchev–Trinajstić information content (AvgIpc) is 3.45. The maximum Gasteiger partial charge on any atom is 0.435 e. The summed E-state index contributed by atoms with van der Waals surface area (Å²) in [4.78, 5) is 24.6. The first-order valence-electron chi connectivity index (χ1n) is 11.4. The van der Waals surface area contributed by atoms with Crippen LogP contribution in [0.25, 0.3) is 0 Å². The van der Waals surface area contributed by atoms with Gasteiger partial charge in [-0.25, -0.2) is 4.39 Å². The minimum absolute atomic E-state index is 0.102. The molecule has 4 aliphatic rings. The van der Waals surface area contributed by atoms with Crippen molar-refractivity contribution in [2.45, 2.75) is 69.3 Å². The SMILES string of the molecule is CC1=NOC(N(CO)C(=O)[C@H]2CC=C(C3=NO[C@@](C4=CC(Cl)=C(F)[C@H](Cl)C4)(C(F)(F)F)C3)CC2C)C1. The Kier molecular flexibility index (Phi) is 7.47. The van der Waals surface area contributed by atoms with Crippen molar-refractivity contribution in [1.29, 1.82) is 0 Å². The fraction of sp³-hybridized carbons (Fsp3) is 0.609. The third-order valence-electron chi connectivity index (χ3n) is 7.03. The molecule has 0 spiro atoms. The Morgan fingerprint density at radius 3 is 2.58 bits per heavy atom. The summed E-state index contributed by atoms with van der Waals surface area (Å²) in [6, 6.07) is 0. The third-order valence-corrected chi connectivity index (χ3v) is 7.66. The first-order chi connectivity index (χ1) is 16.9. The molecule has 13 heteroatoms. The number of halogens is 6. The van der Waals surface area contributed by atoms with Gasteiger partial charge in [0.15, 0.2) is 0 Å². The van der Waals surface area contributed by atoms with E-state index in [0.717, 1.165) is 6.08 Å². The van der Waals surface area contributed by atoms with Crippen molar-refractivity contribution in [2.75, 3.05) is 6.73 Å². The molecular weight excluding hydrogens is 529 g/mol. The van der Waals surface area contributed by atoms with E-state index in [1.165, 1.54) is 4.90 Å². The van der Waals surface area contributed by atoms with Gasteiger partial charge in [-0.1, -0.05) is 34.9 Å². The van der Waals surface area contributed by atoms with Gasteiger partial charge < -0.3 is 14.8 Å². The molecule has 7 nitrogen and oxygen atoms in total. The molecule has 4 rings (SSSR count). The highest BCUT2D eigenvalue weighted by atomic mass is 35.5. The number of aliphatic hydroxyl groups is 1. The maximum atomic E-state index is 14.3. The molecule has 0 aromatic carbocycles. The zero-order valence-electron chi connectivity index (χ0n) is 19.5. The lowest BCUT2D eigenvalue weighted by molar-refractivity contribution is -0.254. The Labute approximate surface area is 215 Å². The predicted octanol–water partition coefficient (Wildman–Crippen LogP) is 5.29. The number of carbonyl (C=O) groups is 1. The quantitative estimate of drug-likeness (QED) is 0.284. The van der Waals surface area contributed by atoms with Crippen molar-refractivity contribution < 1.29 is 37.1 Å². The fourth-order valence-corrected chi connectivity index (χ4v) is 5.52. The number of oxime groups is 2. The second kappa shape index (κ2) is 9.98. The molecule has 0 fully saturated rings. The zero-order chi connectivity index (χ0) is 26.4. The normalized spacial score (nSPS) is 32.8. The van der Waals surface area contributed by atoms with E-state index in [1.54, 1.807) is 13.0 Å². The standard InChI is InChI=1S/C23H25Cl2F4N3O4/c1-11-5-13(3-4-15(11)21(34)32(10-33)19-6-12(2)30-35-19)18-9-22(36-31-18,23(27,28)29)14-7-16(24)20(26)17(25)8-14/h3,7,11,15,17,19,33H,4-6,8-10H2,1-2H3/t11?,15-,17+,19?,22-/m0/s1. The number of carbonyl (C=O) groups excluding carboxylic acids is 1. The van der Waals surface area contributed by atoms with Crippen LogP contribution in [0.2, 0.25) is 0 Å². The molecule has 0 saturated carbocycles. The van der Waals surface area contributed by atoms with Gasteiger partial charge in [0.25, 0.3) is 5.60 Å². The summed E-state index contributed by atoms with van der Waals surface area (Å²) in [5.74, 6) is -1.98. The van der Waals surface area contributed by atoms with Crippen LogP contribution in [-0.2, 0) is 14.5 Å². The van der Waals surface area contributed by atoms with E-state index in [2.05, 4.69) is 10.3 Å². The van der Waals surface area contributed by atoms with Gasteiger partial charge in [-0.3, -0.25) is 9.69 Å².